The number of carbonyl (C=O) groups excluding carboxylic acids is 2. The number of aliphatic hydroxyl groups excluding tert-OH is 1. The van der Waals surface area contributed by atoms with Gasteiger partial charge in [-0.05, 0) is 96.3 Å². The van der Waals surface area contributed by atoms with Crippen LogP contribution < -0.4 is 0 Å². The van der Waals surface area contributed by atoms with Crippen molar-refractivity contribution < 1.29 is 24.2 Å². The van der Waals surface area contributed by atoms with Gasteiger partial charge in [-0.15, -0.1) is 0 Å². The first-order valence-electron chi connectivity index (χ1n) is 21.3. The number of aliphatic hydroxyl groups is 1. The Morgan fingerprint density at radius 3 is 1.26 bits per heavy atom. The summed E-state index contributed by atoms with van der Waals surface area (Å²) >= 11 is 0. The van der Waals surface area contributed by atoms with Gasteiger partial charge in [0.05, 0.1) is 6.61 Å². The van der Waals surface area contributed by atoms with Crippen LogP contribution in [-0.4, -0.2) is 36.4 Å². The lowest BCUT2D eigenvalue weighted by Crippen LogP contribution is -2.28. The van der Waals surface area contributed by atoms with Crippen LogP contribution in [0.3, 0.4) is 0 Å². The number of allylic oxidation sites excluding steroid dienone is 16. The van der Waals surface area contributed by atoms with E-state index in [1.54, 1.807) is 0 Å². The number of unbranched alkanes of at least 4 members (excludes halogenated alkanes) is 13. The fraction of sp³-hybridized carbons (Fsp3) is 0.625. The van der Waals surface area contributed by atoms with Gasteiger partial charge in [0.1, 0.15) is 6.61 Å². The van der Waals surface area contributed by atoms with Crippen molar-refractivity contribution in [1.29, 1.82) is 0 Å². The molecule has 300 valence electrons. The third-order valence-electron chi connectivity index (χ3n) is 8.61. The Hall–Kier alpha value is -3.18. The second-order valence-electron chi connectivity index (χ2n) is 13.7. The number of hydrogen-bond donors (Lipinski definition) is 1. The first-order chi connectivity index (χ1) is 26.1. The number of rotatable bonds is 37. The first-order valence-corrected chi connectivity index (χ1v) is 21.3. The van der Waals surface area contributed by atoms with Crippen molar-refractivity contribution in [2.45, 2.75) is 180 Å². The summed E-state index contributed by atoms with van der Waals surface area (Å²) in [6, 6.07) is 0. The van der Waals surface area contributed by atoms with Gasteiger partial charge in [-0.1, -0.05) is 162 Å². The minimum absolute atomic E-state index is 0.0939. The van der Waals surface area contributed by atoms with Gasteiger partial charge in [0.15, 0.2) is 6.10 Å². The monoisotopic (exact) mass is 735 g/mol. The van der Waals surface area contributed by atoms with Crippen LogP contribution in [0.15, 0.2) is 97.2 Å². The standard InChI is InChI=1S/C48H78O5/c1-3-5-7-9-11-13-15-17-19-21-23-24-25-27-29-31-33-35-37-39-41-43-48(51)53-46(44-49)45-52-47(50)42-40-38-36-34-32-30-28-26-22-20-18-16-14-12-10-8-6-4-2/h5,7,11,13-14,16-17,19-20,22-24,27,29,33,35,46,49H,3-4,6,8-10,12,15,18,21,25-26,28,30-32,34,36-45H2,1-2H3/b7-5-,13-11-,16-14-,19-17-,22-20-,24-23-,29-27-,35-33-. The lowest BCUT2D eigenvalue weighted by molar-refractivity contribution is -0.161. The molecule has 0 radical (unpaired) electrons. The molecule has 0 spiro atoms. The summed E-state index contributed by atoms with van der Waals surface area (Å²) in [7, 11) is 0. The summed E-state index contributed by atoms with van der Waals surface area (Å²) in [4.78, 5) is 24.3. The van der Waals surface area contributed by atoms with Gasteiger partial charge in [0.2, 0.25) is 0 Å². The SMILES string of the molecule is CC/C=C\C/C=C\C/C=C\C/C=C\C/C=C\C/C=C\CCCCC(=O)OC(CO)COC(=O)CCCCCCCCC/C=C\C/C=C\CCCCCC. The van der Waals surface area contributed by atoms with E-state index < -0.39 is 6.10 Å². The summed E-state index contributed by atoms with van der Waals surface area (Å²) in [5.41, 5.74) is 0. The van der Waals surface area contributed by atoms with Crippen LogP contribution in [0.1, 0.15) is 174 Å². The topological polar surface area (TPSA) is 72.8 Å². The molecular formula is C48H78O5. The van der Waals surface area contributed by atoms with Crippen LogP contribution in [0.4, 0.5) is 0 Å². The molecule has 0 saturated carbocycles. The van der Waals surface area contributed by atoms with Crippen molar-refractivity contribution >= 4 is 11.9 Å². The van der Waals surface area contributed by atoms with E-state index >= 15 is 0 Å². The van der Waals surface area contributed by atoms with Crippen LogP contribution in [0.2, 0.25) is 0 Å². The molecule has 0 saturated heterocycles. The van der Waals surface area contributed by atoms with Gasteiger partial charge in [-0.3, -0.25) is 9.59 Å². The van der Waals surface area contributed by atoms with Gasteiger partial charge in [0.25, 0.3) is 0 Å². The second kappa shape index (κ2) is 43.2. The molecule has 1 N–H and O–H groups in total. The maximum absolute atomic E-state index is 12.2. The van der Waals surface area contributed by atoms with E-state index in [0.717, 1.165) is 89.9 Å². The highest BCUT2D eigenvalue weighted by molar-refractivity contribution is 5.70. The molecule has 0 bridgehead atoms. The van der Waals surface area contributed by atoms with Crippen molar-refractivity contribution in [1.82, 2.24) is 0 Å². The average Bonchev–Trinajstić information content (AvgIpc) is 3.16. The highest BCUT2D eigenvalue weighted by Crippen LogP contribution is 2.11. The zero-order valence-electron chi connectivity index (χ0n) is 34.0. The smallest absolute Gasteiger partial charge is 0.306 e. The molecule has 0 amide bonds. The van der Waals surface area contributed by atoms with Gasteiger partial charge in [0, 0.05) is 12.8 Å². The molecule has 1 unspecified atom stereocenters. The normalized spacial score (nSPS) is 13.2. The average molecular weight is 735 g/mol. The van der Waals surface area contributed by atoms with Crippen molar-refractivity contribution in [3.8, 4) is 0 Å². The van der Waals surface area contributed by atoms with Gasteiger partial charge >= 0.3 is 11.9 Å². The largest absolute Gasteiger partial charge is 0.462 e. The lowest BCUT2D eigenvalue weighted by atomic mass is 10.1. The molecule has 53 heavy (non-hydrogen) atoms. The number of carbonyl (C=O) groups is 2. The molecule has 0 fully saturated rings. The molecule has 0 heterocycles. The molecule has 5 nitrogen and oxygen atoms in total. The maximum atomic E-state index is 12.2. The van der Waals surface area contributed by atoms with Crippen LogP contribution in [0, 0.1) is 0 Å². The fourth-order valence-electron chi connectivity index (χ4n) is 5.41. The van der Waals surface area contributed by atoms with Crippen molar-refractivity contribution in [2.75, 3.05) is 13.2 Å². The molecule has 0 aromatic carbocycles. The molecule has 0 aliphatic rings. The third kappa shape index (κ3) is 41.4. The number of esters is 2. The van der Waals surface area contributed by atoms with Gasteiger partial charge in [-0.2, -0.15) is 0 Å². The molecule has 0 aliphatic heterocycles. The summed E-state index contributed by atoms with van der Waals surface area (Å²) in [5, 5.41) is 9.57. The zero-order chi connectivity index (χ0) is 38.6. The minimum Gasteiger partial charge on any atom is -0.462 e. The van der Waals surface area contributed by atoms with E-state index in [0.29, 0.717) is 12.8 Å². The molecule has 0 aromatic heterocycles. The van der Waals surface area contributed by atoms with Crippen molar-refractivity contribution in [3.63, 3.8) is 0 Å². The molecule has 0 aliphatic carbocycles. The lowest BCUT2D eigenvalue weighted by Gasteiger charge is -2.15. The third-order valence-corrected chi connectivity index (χ3v) is 8.61. The quantitative estimate of drug-likeness (QED) is 0.0391. The zero-order valence-corrected chi connectivity index (χ0v) is 34.0. The highest BCUT2D eigenvalue weighted by atomic mass is 16.6. The van der Waals surface area contributed by atoms with E-state index in [1.807, 2.05) is 0 Å². The Balaban J connectivity index is 3.69. The summed E-state index contributed by atoms with van der Waals surface area (Å²) in [6.07, 6.45) is 60.4. The van der Waals surface area contributed by atoms with Crippen molar-refractivity contribution in [3.05, 3.63) is 97.2 Å². The molecular weight excluding hydrogens is 657 g/mol. The van der Waals surface area contributed by atoms with E-state index in [-0.39, 0.29) is 25.2 Å². The Labute approximate surface area is 326 Å². The Kier molecular flexibility index (Phi) is 40.6. The Morgan fingerprint density at radius 1 is 0.453 bits per heavy atom. The van der Waals surface area contributed by atoms with E-state index in [9.17, 15) is 14.7 Å². The fourth-order valence-corrected chi connectivity index (χ4v) is 5.41. The summed E-state index contributed by atoms with van der Waals surface area (Å²) < 4.78 is 10.6. The molecule has 5 heteroatoms. The molecule has 1 atom stereocenters. The van der Waals surface area contributed by atoms with E-state index in [4.69, 9.17) is 9.47 Å². The minimum atomic E-state index is -0.804. The predicted molar refractivity (Wildman–Crippen MR) is 228 cm³/mol. The maximum Gasteiger partial charge on any atom is 0.306 e. The summed E-state index contributed by atoms with van der Waals surface area (Å²) in [6.45, 7) is 3.95. The van der Waals surface area contributed by atoms with E-state index in [2.05, 4.69) is 111 Å². The molecule has 0 rings (SSSR count). The van der Waals surface area contributed by atoms with E-state index in [1.165, 1.54) is 57.8 Å². The van der Waals surface area contributed by atoms with Crippen LogP contribution in [0.5, 0.6) is 0 Å². The summed E-state index contributed by atoms with van der Waals surface area (Å²) in [5.74, 6) is -0.659. The van der Waals surface area contributed by atoms with Crippen LogP contribution in [0.25, 0.3) is 0 Å². The highest BCUT2D eigenvalue weighted by Gasteiger charge is 2.16. The van der Waals surface area contributed by atoms with Gasteiger partial charge in [-0.25, -0.2) is 0 Å². The number of hydrogen-bond acceptors (Lipinski definition) is 5. The van der Waals surface area contributed by atoms with Crippen LogP contribution in [-0.2, 0) is 19.1 Å². The molecule has 0 aromatic rings. The van der Waals surface area contributed by atoms with Gasteiger partial charge < -0.3 is 14.6 Å². The number of ether oxygens (including phenoxy) is 2. The Bertz CT molecular complexity index is 1060. The van der Waals surface area contributed by atoms with Crippen molar-refractivity contribution in [2.24, 2.45) is 0 Å². The Morgan fingerprint density at radius 2 is 0.811 bits per heavy atom. The second-order valence-corrected chi connectivity index (χ2v) is 13.7. The predicted octanol–water partition coefficient (Wildman–Crippen LogP) is 13.7. The van der Waals surface area contributed by atoms with Crippen LogP contribution >= 0.6 is 0 Å². The first kappa shape index (κ1) is 49.8.